The quantitative estimate of drug-likeness (QED) is 0.246. The predicted molar refractivity (Wildman–Crippen MR) is 32.5 cm³/mol. The van der Waals surface area contributed by atoms with E-state index < -0.39 is 23.9 Å². The zero-order valence-corrected chi connectivity index (χ0v) is 17.2. The van der Waals surface area contributed by atoms with Gasteiger partial charge in [0.15, 0.2) is 11.9 Å². The largest absolute Gasteiger partial charge is 1.00 e. The Balaban J connectivity index is -0.0000000182. The van der Waals surface area contributed by atoms with E-state index in [0.29, 0.717) is 0 Å². The Morgan fingerprint density at radius 1 is 0.706 bits per heavy atom. The third-order valence-corrected chi connectivity index (χ3v) is 0.349. The van der Waals surface area contributed by atoms with Crippen LogP contribution in [0.5, 0.6) is 0 Å². The van der Waals surface area contributed by atoms with Gasteiger partial charge in [0, 0.05) is 21.1 Å². The summed E-state index contributed by atoms with van der Waals surface area (Å²) >= 11 is 0. The molecule has 0 aromatic heterocycles. The van der Waals surface area contributed by atoms with E-state index in [4.69, 9.17) is 39.6 Å². The maximum atomic E-state index is 9.04. The molecule has 94 valence electrons. The van der Waals surface area contributed by atoms with E-state index in [9.17, 15) is 0 Å². The average Bonchev–Trinajstić information content (AvgIpc) is 1.88. The topological polar surface area (TPSA) is 218 Å². The van der Waals surface area contributed by atoms with Gasteiger partial charge in [-0.25, -0.2) is 9.59 Å². The molecular formula is C4H6K2O10Pt. The van der Waals surface area contributed by atoms with Crippen LogP contribution in [0.4, 0.5) is 0 Å². The van der Waals surface area contributed by atoms with Crippen molar-refractivity contribution in [2.24, 2.45) is 0 Å². The van der Waals surface area contributed by atoms with Crippen molar-refractivity contribution in [3.05, 3.63) is 0 Å². The van der Waals surface area contributed by atoms with Gasteiger partial charge < -0.3 is 41.0 Å². The van der Waals surface area contributed by atoms with Crippen molar-refractivity contribution in [3.8, 4) is 0 Å². The zero-order valence-electron chi connectivity index (χ0n) is 8.66. The summed E-state index contributed by atoms with van der Waals surface area (Å²) in [5.74, 6) is -8.02. The number of carbonyl (C=O) groups is 4. The fraction of sp³-hybridized carbons (Fsp3) is 0. The number of carboxylic acid groups (broad SMARTS) is 4. The molecule has 0 aromatic carbocycles. The van der Waals surface area contributed by atoms with Crippen LogP contribution in [-0.2, 0) is 40.2 Å². The maximum Gasteiger partial charge on any atom is 1.00 e. The molecule has 13 heteroatoms. The number of hydrogen-bond acceptors (Lipinski definition) is 6. The van der Waals surface area contributed by atoms with Gasteiger partial charge in [-0.2, -0.15) is 0 Å². The van der Waals surface area contributed by atoms with Crippen LogP contribution in [-0.4, -0.2) is 45.0 Å². The van der Waals surface area contributed by atoms with E-state index in [1.165, 1.54) is 0 Å². The van der Waals surface area contributed by atoms with E-state index >= 15 is 0 Å². The molecule has 0 bridgehead atoms. The van der Waals surface area contributed by atoms with Gasteiger partial charge in [0.2, 0.25) is 0 Å². The molecule has 0 saturated heterocycles. The second-order valence-corrected chi connectivity index (χ2v) is 1.19. The first kappa shape index (κ1) is 42.8. The minimum atomic E-state index is -2.07. The van der Waals surface area contributed by atoms with Gasteiger partial charge in [-0.15, -0.1) is 0 Å². The molecule has 0 aliphatic rings. The molecule has 0 heterocycles. The molecule has 0 fully saturated rings. The van der Waals surface area contributed by atoms with Crippen molar-refractivity contribution in [1.29, 1.82) is 0 Å². The van der Waals surface area contributed by atoms with Crippen LogP contribution < -0.4 is 113 Å². The summed E-state index contributed by atoms with van der Waals surface area (Å²) in [4.78, 5) is 36.1. The van der Waals surface area contributed by atoms with Gasteiger partial charge in [0.1, 0.15) is 0 Å². The normalized spacial score (nSPS) is 5.18. The average molecular weight is 487 g/mol. The number of aliphatic carboxylic acids is 4. The summed E-state index contributed by atoms with van der Waals surface area (Å²) in [6.45, 7) is 0. The summed E-state index contributed by atoms with van der Waals surface area (Å²) in [6, 6.07) is 0. The molecule has 0 unspecified atom stereocenters. The summed E-state index contributed by atoms with van der Waals surface area (Å²) in [5, 5.41) is 32.6. The predicted octanol–water partition coefficient (Wildman–Crippen LogP) is -12.0. The first-order chi connectivity index (χ1) is 5.29. The molecule has 0 saturated carbocycles. The Hall–Kier alpha value is 1.76. The van der Waals surface area contributed by atoms with Crippen LogP contribution in [0.2, 0.25) is 0 Å². The van der Waals surface area contributed by atoms with E-state index in [0.717, 1.165) is 0 Å². The van der Waals surface area contributed by atoms with Crippen LogP contribution in [0, 0.1) is 0 Å². The van der Waals surface area contributed by atoms with E-state index in [1.54, 1.807) is 0 Å². The second kappa shape index (κ2) is 26.3. The molecule has 10 nitrogen and oxygen atoms in total. The van der Waals surface area contributed by atoms with Crippen LogP contribution in [0.1, 0.15) is 0 Å². The smallest absolute Gasteiger partial charge is 0.539 e. The molecular weight excluding hydrogens is 481 g/mol. The van der Waals surface area contributed by atoms with Crippen LogP contribution in [0.15, 0.2) is 0 Å². The van der Waals surface area contributed by atoms with E-state index in [-0.39, 0.29) is 135 Å². The summed E-state index contributed by atoms with van der Waals surface area (Å²) in [6.07, 6.45) is 0. The van der Waals surface area contributed by atoms with Crippen molar-refractivity contribution in [3.63, 3.8) is 0 Å². The molecule has 0 aromatic rings. The first-order valence-electron chi connectivity index (χ1n) is 2.17. The Morgan fingerprint density at radius 3 is 0.765 bits per heavy atom. The molecule has 0 spiro atoms. The van der Waals surface area contributed by atoms with Crippen molar-refractivity contribution >= 4 is 23.9 Å². The van der Waals surface area contributed by atoms with Crippen molar-refractivity contribution in [2.75, 3.05) is 0 Å². The third kappa shape index (κ3) is 46.3. The number of hydrogen-bond donors (Lipinski definition) is 2. The Morgan fingerprint density at radius 2 is 0.765 bits per heavy atom. The van der Waals surface area contributed by atoms with Crippen LogP contribution >= 0.6 is 0 Å². The van der Waals surface area contributed by atoms with Gasteiger partial charge in [-0.05, 0) is 0 Å². The Labute approximate surface area is 194 Å². The molecule has 0 aliphatic heterocycles. The second-order valence-electron chi connectivity index (χ2n) is 1.19. The molecule has 0 atom stereocenters. The van der Waals surface area contributed by atoms with Crippen molar-refractivity contribution in [1.82, 2.24) is 0 Å². The fourth-order valence-electron chi connectivity index (χ4n) is 0. The van der Waals surface area contributed by atoms with Crippen molar-refractivity contribution < 1.29 is 174 Å². The SMILES string of the molecule is O.O.O=C([O-])C(=O)O.O=C([O-])C(=O)O.[K+].[K+].[Pt]. The number of carbonyl (C=O) groups excluding carboxylic acids is 2. The molecule has 0 amide bonds. The van der Waals surface area contributed by atoms with E-state index in [1.807, 2.05) is 0 Å². The molecule has 0 rings (SSSR count). The van der Waals surface area contributed by atoms with Crippen LogP contribution in [0.3, 0.4) is 0 Å². The van der Waals surface area contributed by atoms with Crippen LogP contribution in [0.25, 0.3) is 0 Å². The Kier molecular flexibility index (Phi) is 66.3. The van der Waals surface area contributed by atoms with Gasteiger partial charge in [0.05, 0.1) is 0 Å². The van der Waals surface area contributed by atoms with Gasteiger partial charge >= 0.3 is 115 Å². The molecule has 6 N–H and O–H groups in total. The summed E-state index contributed by atoms with van der Waals surface area (Å²) in [5.41, 5.74) is 0. The number of carboxylic acids is 4. The van der Waals surface area contributed by atoms with Crippen molar-refractivity contribution in [2.45, 2.75) is 0 Å². The fourth-order valence-corrected chi connectivity index (χ4v) is 0. The first-order valence-corrected chi connectivity index (χ1v) is 2.17. The van der Waals surface area contributed by atoms with Gasteiger partial charge in [-0.3, -0.25) is 0 Å². The summed E-state index contributed by atoms with van der Waals surface area (Å²) < 4.78 is 0. The molecule has 17 heavy (non-hydrogen) atoms. The third-order valence-electron chi connectivity index (χ3n) is 0.349. The Bertz CT molecular complexity index is 182. The maximum absolute atomic E-state index is 9.04. The standard InChI is InChI=1S/2C2H2O4.2K.2H2O.Pt/c2*3-1(4)2(5)6;;;;;/h2*(H,3,4)(H,5,6);;;2*1H2;/q;;2*+1;;;/p-2. The van der Waals surface area contributed by atoms with Gasteiger partial charge in [-0.1, -0.05) is 0 Å². The molecule has 0 aliphatic carbocycles. The minimum absolute atomic E-state index is 0. The monoisotopic (exact) mass is 487 g/mol. The zero-order chi connectivity index (χ0) is 10.3. The number of rotatable bonds is 0. The minimum Gasteiger partial charge on any atom is -0.539 e. The van der Waals surface area contributed by atoms with E-state index in [2.05, 4.69) is 0 Å². The summed E-state index contributed by atoms with van der Waals surface area (Å²) in [7, 11) is 0. The van der Waals surface area contributed by atoms with Gasteiger partial charge in [0.25, 0.3) is 0 Å². The molecule has 0 radical (unpaired) electrons.